The molecule has 0 aliphatic carbocycles. The van der Waals surface area contributed by atoms with Gasteiger partial charge in [-0.25, -0.2) is 0 Å². The van der Waals surface area contributed by atoms with E-state index in [0.29, 0.717) is 6.54 Å². The molecule has 1 aliphatic heterocycles. The Kier molecular flexibility index (Phi) is 5.60. The molecule has 82 valence electrons. The highest BCUT2D eigenvalue weighted by Crippen LogP contribution is 2.06. The molecular formula is C11H22N2O. The molecule has 14 heavy (non-hydrogen) atoms. The molecular weight excluding hydrogens is 176 g/mol. The van der Waals surface area contributed by atoms with Gasteiger partial charge in [0.15, 0.2) is 0 Å². The molecule has 0 saturated carbocycles. The molecule has 0 spiro atoms. The van der Waals surface area contributed by atoms with E-state index in [1.54, 1.807) is 0 Å². The number of unbranched alkanes of at least 4 members (excludes halogenated alkanes) is 2. The number of nitrogens with one attached hydrogen (secondary N) is 1. The zero-order valence-corrected chi connectivity index (χ0v) is 9.22. The van der Waals surface area contributed by atoms with Crippen molar-refractivity contribution in [2.45, 2.75) is 39.0 Å². The summed E-state index contributed by atoms with van der Waals surface area (Å²) in [5.74, 6) is 0.277. The second kappa shape index (κ2) is 6.82. The van der Waals surface area contributed by atoms with Crippen LogP contribution in [0.5, 0.6) is 0 Å². The lowest BCUT2D eigenvalue weighted by Crippen LogP contribution is -2.36. The summed E-state index contributed by atoms with van der Waals surface area (Å²) in [6, 6.07) is 0. The monoisotopic (exact) mass is 198 g/mol. The number of rotatable bonds is 6. The fourth-order valence-corrected chi connectivity index (χ4v) is 1.77. The average molecular weight is 198 g/mol. The third kappa shape index (κ3) is 4.09. The summed E-state index contributed by atoms with van der Waals surface area (Å²) in [4.78, 5) is 13.5. The maximum Gasteiger partial charge on any atom is 0.236 e. The summed E-state index contributed by atoms with van der Waals surface area (Å²) < 4.78 is 0. The van der Waals surface area contributed by atoms with Gasteiger partial charge in [0.2, 0.25) is 5.91 Å². The van der Waals surface area contributed by atoms with Crippen LogP contribution in [-0.2, 0) is 4.79 Å². The van der Waals surface area contributed by atoms with Crippen molar-refractivity contribution in [1.29, 1.82) is 0 Å². The Morgan fingerprint density at radius 3 is 2.64 bits per heavy atom. The number of nitrogens with zero attached hydrogens (tertiary/aromatic N) is 1. The summed E-state index contributed by atoms with van der Waals surface area (Å²) in [5, 5.41) is 3.21. The minimum absolute atomic E-state index is 0.277. The molecule has 1 aliphatic rings. The molecule has 1 rings (SSSR count). The van der Waals surface area contributed by atoms with E-state index >= 15 is 0 Å². The summed E-state index contributed by atoms with van der Waals surface area (Å²) in [6.07, 6.45) is 6.04. The molecule has 0 unspecified atom stereocenters. The molecule has 3 nitrogen and oxygen atoms in total. The van der Waals surface area contributed by atoms with E-state index in [0.717, 1.165) is 19.6 Å². The van der Waals surface area contributed by atoms with Crippen LogP contribution in [0.15, 0.2) is 0 Å². The van der Waals surface area contributed by atoms with Crippen molar-refractivity contribution in [2.24, 2.45) is 0 Å². The predicted octanol–water partition coefficient (Wildman–Crippen LogP) is 1.39. The summed E-state index contributed by atoms with van der Waals surface area (Å²) in [5.41, 5.74) is 0. The Balaban J connectivity index is 1.97. The highest BCUT2D eigenvalue weighted by Gasteiger charge is 2.16. The van der Waals surface area contributed by atoms with Gasteiger partial charge in [0.05, 0.1) is 6.54 Å². The normalized spacial score (nSPS) is 16.2. The van der Waals surface area contributed by atoms with E-state index in [-0.39, 0.29) is 5.91 Å². The first-order valence-electron chi connectivity index (χ1n) is 5.83. The Bertz CT molecular complexity index is 165. The fourth-order valence-electron chi connectivity index (χ4n) is 1.77. The van der Waals surface area contributed by atoms with E-state index in [1.807, 2.05) is 4.90 Å². The third-order valence-corrected chi connectivity index (χ3v) is 2.69. The maximum absolute atomic E-state index is 11.5. The van der Waals surface area contributed by atoms with E-state index in [9.17, 15) is 4.79 Å². The predicted molar refractivity (Wildman–Crippen MR) is 58.2 cm³/mol. The highest BCUT2D eigenvalue weighted by atomic mass is 16.2. The molecule has 0 aromatic heterocycles. The zero-order chi connectivity index (χ0) is 10.2. The Morgan fingerprint density at radius 2 is 2.00 bits per heavy atom. The van der Waals surface area contributed by atoms with Gasteiger partial charge in [-0.15, -0.1) is 0 Å². The lowest BCUT2D eigenvalue weighted by molar-refractivity contribution is -0.129. The molecule has 0 bridgehead atoms. The lowest BCUT2D eigenvalue weighted by Gasteiger charge is -2.15. The standard InChI is InChI=1S/C11H22N2O/c1-2-3-4-7-12-10-11(14)13-8-5-6-9-13/h12H,2-10H2,1H3. The van der Waals surface area contributed by atoms with E-state index in [2.05, 4.69) is 12.2 Å². The Morgan fingerprint density at radius 1 is 1.29 bits per heavy atom. The van der Waals surface area contributed by atoms with Crippen LogP contribution in [-0.4, -0.2) is 37.0 Å². The molecule has 1 amide bonds. The quantitative estimate of drug-likeness (QED) is 0.654. The van der Waals surface area contributed by atoms with Crippen LogP contribution >= 0.6 is 0 Å². The average Bonchev–Trinajstić information content (AvgIpc) is 2.70. The van der Waals surface area contributed by atoms with E-state index in [1.165, 1.54) is 32.1 Å². The molecule has 1 saturated heterocycles. The number of likely N-dealkylation sites (tertiary alicyclic amines) is 1. The Labute approximate surface area is 86.9 Å². The SMILES string of the molecule is CCCCCNCC(=O)N1CCCC1. The number of carbonyl (C=O) groups is 1. The summed E-state index contributed by atoms with van der Waals surface area (Å²) in [7, 11) is 0. The second-order valence-electron chi connectivity index (χ2n) is 3.97. The van der Waals surface area contributed by atoms with Crippen LogP contribution in [0.1, 0.15) is 39.0 Å². The van der Waals surface area contributed by atoms with Crippen LogP contribution in [0.2, 0.25) is 0 Å². The van der Waals surface area contributed by atoms with Gasteiger partial charge in [0.1, 0.15) is 0 Å². The van der Waals surface area contributed by atoms with Crippen LogP contribution in [0, 0.1) is 0 Å². The molecule has 0 aromatic carbocycles. The van der Waals surface area contributed by atoms with Crippen molar-refractivity contribution in [3.8, 4) is 0 Å². The van der Waals surface area contributed by atoms with E-state index in [4.69, 9.17) is 0 Å². The van der Waals surface area contributed by atoms with Gasteiger partial charge in [-0.1, -0.05) is 19.8 Å². The largest absolute Gasteiger partial charge is 0.342 e. The molecule has 1 heterocycles. The second-order valence-corrected chi connectivity index (χ2v) is 3.97. The topological polar surface area (TPSA) is 32.3 Å². The van der Waals surface area contributed by atoms with Crippen molar-refractivity contribution in [1.82, 2.24) is 10.2 Å². The molecule has 1 fully saturated rings. The minimum atomic E-state index is 0.277. The van der Waals surface area contributed by atoms with Crippen molar-refractivity contribution < 1.29 is 4.79 Å². The van der Waals surface area contributed by atoms with Crippen LogP contribution < -0.4 is 5.32 Å². The number of amides is 1. The van der Waals surface area contributed by atoms with Crippen LogP contribution in [0.3, 0.4) is 0 Å². The van der Waals surface area contributed by atoms with Gasteiger partial charge < -0.3 is 10.2 Å². The van der Waals surface area contributed by atoms with E-state index < -0.39 is 0 Å². The van der Waals surface area contributed by atoms with Crippen LogP contribution in [0.25, 0.3) is 0 Å². The molecule has 0 radical (unpaired) electrons. The fraction of sp³-hybridized carbons (Fsp3) is 0.909. The Hall–Kier alpha value is -0.570. The first kappa shape index (κ1) is 11.5. The minimum Gasteiger partial charge on any atom is -0.342 e. The third-order valence-electron chi connectivity index (χ3n) is 2.69. The van der Waals surface area contributed by atoms with Crippen molar-refractivity contribution in [3.63, 3.8) is 0 Å². The van der Waals surface area contributed by atoms with Gasteiger partial charge in [-0.05, 0) is 25.8 Å². The number of carbonyl (C=O) groups excluding carboxylic acids is 1. The maximum atomic E-state index is 11.5. The van der Waals surface area contributed by atoms with Gasteiger partial charge in [0.25, 0.3) is 0 Å². The van der Waals surface area contributed by atoms with Gasteiger partial charge in [0, 0.05) is 13.1 Å². The first-order valence-corrected chi connectivity index (χ1v) is 5.83. The van der Waals surface area contributed by atoms with Crippen molar-refractivity contribution in [2.75, 3.05) is 26.2 Å². The van der Waals surface area contributed by atoms with Gasteiger partial charge in [-0.2, -0.15) is 0 Å². The summed E-state index contributed by atoms with van der Waals surface area (Å²) in [6.45, 7) is 5.64. The molecule has 0 aromatic rings. The number of hydrogen-bond donors (Lipinski definition) is 1. The number of hydrogen-bond acceptors (Lipinski definition) is 2. The van der Waals surface area contributed by atoms with Gasteiger partial charge in [-0.3, -0.25) is 4.79 Å². The van der Waals surface area contributed by atoms with Crippen LogP contribution in [0.4, 0.5) is 0 Å². The molecule has 0 atom stereocenters. The van der Waals surface area contributed by atoms with Gasteiger partial charge >= 0.3 is 0 Å². The lowest BCUT2D eigenvalue weighted by atomic mass is 10.2. The van der Waals surface area contributed by atoms with Crippen molar-refractivity contribution >= 4 is 5.91 Å². The molecule has 1 N–H and O–H groups in total. The zero-order valence-electron chi connectivity index (χ0n) is 9.22. The first-order chi connectivity index (χ1) is 6.84. The highest BCUT2D eigenvalue weighted by molar-refractivity contribution is 5.78. The van der Waals surface area contributed by atoms with Crippen molar-refractivity contribution in [3.05, 3.63) is 0 Å². The smallest absolute Gasteiger partial charge is 0.236 e. The molecule has 3 heteroatoms. The summed E-state index contributed by atoms with van der Waals surface area (Å²) >= 11 is 0.